The predicted molar refractivity (Wildman–Crippen MR) is 161 cm³/mol. The minimum absolute atomic E-state index is 0.0658. The number of Topliss-reactive ketones (excluding diaryl/α,β-unsaturated/α-hetero) is 1. The molecule has 38 heavy (non-hydrogen) atoms. The highest BCUT2D eigenvalue weighted by molar-refractivity contribution is 6.76. The number of fused-ring (bicyclic) bond motifs is 1. The average Bonchev–Trinajstić information content (AvgIpc) is 3.47. The summed E-state index contributed by atoms with van der Waals surface area (Å²) in [5, 5.41) is 0. The molecule has 0 N–H and O–H groups in total. The first kappa shape index (κ1) is 28.5. The molecule has 206 valence electrons. The highest BCUT2D eigenvalue weighted by Gasteiger charge is 2.35. The molecule has 6 nitrogen and oxygen atoms in total. The topological polar surface area (TPSA) is 60.2 Å². The molecule has 0 unspecified atom stereocenters. The van der Waals surface area contributed by atoms with Crippen molar-refractivity contribution in [1.82, 2.24) is 14.5 Å². The normalized spacial score (nSPS) is 15.9. The van der Waals surface area contributed by atoms with Gasteiger partial charge in [-0.05, 0) is 42.9 Å². The second-order valence-corrected chi connectivity index (χ2v) is 18.9. The number of ketones is 1. The van der Waals surface area contributed by atoms with Gasteiger partial charge in [0, 0.05) is 50.6 Å². The van der Waals surface area contributed by atoms with Crippen LogP contribution in [-0.2, 0) is 11.5 Å². The molecular weight excluding hydrogens is 488 g/mol. The lowest BCUT2D eigenvalue weighted by atomic mass is 9.82. The van der Waals surface area contributed by atoms with Gasteiger partial charge in [0.05, 0.1) is 17.5 Å². The van der Waals surface area contributed by atoms with E-state index >= 15 is 0 Å². The number of anilines is 1. The number of aromatic nitrogens is 3. The largest absolute Gasteiger partial charge is 0.371 e. The molecule has 1 fully saturated rings. The van der Waals surface area contributed by atoms with Crippen LogP contribution in [0.2, 0.25) is 25.7 Å². The highest BCUT2D eigenvalue weighted by atomic mass is 28.3. The van der Waals surface area contributed by atoms with E-state index in [0.29, 0.717) is 35.5 Å². The molecule has 1 aromatic carbocycles. The van der Waals surface area contributed by atoms with Crippen LogP contribution in [0.25, 0.3) is 22.4 Å². The maximum atomic E-state index is 13.4. The smallest absolute Gasteiger partial charge is 0.171 e. The molecule has 2 aromatic heterocycles. The Morgan fingerprint density at radius 2 is 1.89 bits per heavy atom. The molecule has 0 atom stereocenters. The second-order valence-electron chi connectivity index (χ2n) is 13.3. The Labute approximate surface area is 229 Å². The SMILES string of the molecule is CCC1(CC)CCN(c2cccc(-c3cnc4c(n3)c(C(=O)C(C)(C)C)cn4COCC[Si](C)(C)C)c2)C1. The Balaban J connectivity index is 1.66. The second kappa shape index (κ2) is 10.9. The molecule has 7 heteroatoms. The summed E-state index contributed by atoms with van der Waals surface area (Å²) in [5.41, 5.74) is 4.90. The van der Waals surface area contributed by atoms with E-state index in [1.54, 1.807) is 0 Å². The number of carbonyl (C=O) groups excluding carboxylic acids is 1. The molecule has 3 heterocycles. The fraction of sp³-hybridized carbons (Fsp3) is 0.581. The van der Waals surface area contributed by atoms with Gasteiger partial charge in [-0.2, -0.15) is 0 Å². The summed E-state index contributed by atoms with van der Waals surface area (Å²) in [5.74, 6) is 0.0658. The lowest BCUT2D eigenvalue weighted by molar-refractivity contribution is 0.0849. The number of nitrogens with zero attached hydrogens (tertiary/aromatic N) is 4. The van der Waals surface area contributed by atoms with Crippen molar-refractivity contribution in [2.24, 2.45) is 10.8 Å². The van der Waals surface area contributed by atoms with Crippen LogP contribution in [-0.4, -0.2) is 48.1 Å². The van der Waals surface area contributed by atoms with Crippen LogP contribution >= 0.6 is 0 Å². The lowest BCUT2D eigenvalue weighted by Gasteiger charge is -2.27. The van der Waals surface area contributed by atoms with Gasteiger partial charge in [-0.15, -0.1) is 0 Å². The minimum atomic E-state index is -1.18. The van der Waals surface area contributed by atoms with Crippen LogP contribution in [0, 0.1) is 10.8 Å². The van der Waals surface area contributed by atoms with Crippen molar-refractivity contribution in [3.63, 3.8) is 0 Å². The van der Waals surface area contributed by atoms with Crippen molar-refractivity contribution < 1.29 is 9.53 Å². The van der Waals surface area contributed by atoms with E-state index in [2.05, 4.69) is 62.7 Å². The minimum Gasteiger partial charge on any atom is -0.371 e. The van der Waals surface area contributed by atoms with Crippen LogP contribution in [0.1, 0.15) is 64.2 Å². The fourth-order valence-corrected chi connectivity index (χ4v) is 6.00. The molecular formula is C31H46N4O2Si. The summed E-state index contributed by atoms with van der Waals surface area (Å²) in [6.07, 6.45) is 7.38. The van der Waals surface area contributed by atoms with Crippen LogP contribution in [0.3, 0.4) is 0 Å². The Bertz CT molecular complexity index is 1280. The van der Waals surface area contributed by atoms with E-state index in [-0.39, 0.29) is 5.78 Å². The van der Waals surface area contributed by atoms with Crippen molar-refractivity contribution in [1.29, 1.82) is 0 Å². The van der Waals surface area contributed by atoms with E-state index in [1.807, 2.05) is 37.7 Å². The molecule has 0 bridgehead atoms. The van der Waals surface area contributed by atoms with E-state index in [9.17, 15) is 4.79 Å². The van der Waals surface area contributed by atoms with Gasteiger partial charge in [-0.3, -0.25) is 4.79 Å². The quantitative estimate of drug-likeness (QED) is 0.152. The van der Waals surface area contributed by atoms with Gasteiger partial charge < -0.3 is 14.2 Å². The molecule has 3 aromatic rings. The number of hydrogen-bond acceptors (Lipinski definition) is 5. The standard InChI is InChI=1S/C31H46N4O2Si/c1-9-31(10-2)14-15-34(21-31)24-13-11-12-23(18-24)26-19-32-29-27(33-26)25(28(36)30(3,4)5)20-35(29)22-37-16-17-38(6,7)8/h11-13,18-20H,9-10,14-17,21-22H2,1-8H3. The Hall–Kier alpha value is -2.51. The summed E-state index contributed by atoms with van der Waals surface area (Å²) in [6.45, 7) is 20.8. The summed E-state index contributed by atoms with van der Waals surface area (Å²) >= 11 is 0. The van der Waals surface area contributed by atoms with Gasteiger partial charge in [0.15, 0.2) is 11.4 Å². The molecule has 0 amide bonds. The summed E-state index contributed by atoms with van der Waals surface area (Å²) in [7, 11) is -1.18. The number of benzene rings is 1. The third-order valence-corrected chi connectivity index (χ3v) is 9.87. The van der Waals surface area contributed by atoms with Crippen molar-refractivity contribution in [2.75, 3.05) is 24.6 Å². The number of rotatable bonds is 10. The number of carbonyl (C=O) groups is 1. The van der Waals surface area contributed by atoms with Crippen molar-refractivity contribution >= 4 is 30.7 Å². The molecule has 0 spiro atoms. The van der Waals surface area contributed by atoms with Gasteiger partial charge in [0.2, 0.25) is 0 Å². The predicted octanol–water partition coefficient (Wildman–Crippen LogP) is 7.66. The average molecular weight is 535 g/mol. The monoisotopic (exact) mass is 534 g/mol. The van der Waals surface area contributed by atoms with Crippen LogP contribution < -0.4 is 4.90 Å². The zero-order valence-corrected chi connectivity index (χ0v) is 25.7. The van der Waals surface area contributed by atoms with Crippen molar-refractivity contribution in [2.45, 2.75) is 86.3 Å². The number of ether oxygens (including phenoxy) is 1. The maximum absolute atomic E-state index is 13.4. The van der Waals surface area contributed by atoms with Gasteiger partial charge in [0.25, 0.3) is 0 Å². The first-order chi connectivity index (χ1) is 17.9. The van der Waals surface area contributed by atoms with E-state index < -0.39 is 13.5 Å². The summed E-state index contributed by atoms with van der Waals surface area (Å²) in [6, 6.07) is 9.71. The van der Waals surface area contributed by atoms with Crippen molar-refractivity contribution in [3.05, 3.63) is 42.2 Å². The fourth-order valence-electron chi connectivity index (χ4n) is 5.25. The van der Waals surface area contributed by atoms with Crippen LogP contribution in [0.4, 0.5) is 5.69 Å². The van der Waals surface area contributed by atoms with Crippen molar-refractivity contribution in [3.8, 4) is 11.3 Å². The van der Waals surface area contributed by atoms with Gasteiger partial charge in [0.1, 0.15) is 12.2 Å². The first-order valence-corrected chi connectivity index (χ1v) is 17.9. The van der Waals surface area contributed by atoms with E-state index in [4.69, 9.17) is 14.7 Å². The first-order valence-electron chi connectivity index (χ1n) is 14.2. The lowest BCUT2D eigenvalue weighted by Crippen LogP contribution is -2.26. The molecule has 1 aliphatic heterocycles. The molecule has 0 radical (unpaired) electrons. The zero-order chi connectivity index (χ0) is 27.7. The summed E-state index contributed by atoms with van der Waals surface area (Å²) < 4.78 is 7.95. The third-order valence-electron chi connectivity index (χ3n) is 8.16. The van der Waals surface area contributed by atoms with Gasteiger partial charge in [-0.25, -0.2) is 9.97 Å². The maximum Gasteiger partial charge on any atom is 0.171 e. The van der Waals surface area contributed by atoms with Gasteiger partial charge >= 0.3 is 0 Å². The molecule has 1 aliphatic rings. The number of hydrogen-bond donors (Lipinski definition) is 0. The van der Waals surface area contributed by atoms with Gasteiger partial charge in [-0.1, -0.05) is 66.4 Å². The van der Waals surface area contributed by atoms with E-state index in [0.717, 1.165) is 30.4 Å². The van der Waals surface area contributed by atoms with E-state index in [1.165, 1.54) is 24.9 Å². The Morgan fingerprint density at radius 1 is 1.16 bits per heavy atom. The molecule has 1 saturated heterocycles. The Morgan fingerprint density at radius 3 is 2.53 bits per heavy atom. The summed E-state index contributed by atoms with van der Waals surface area (Å²) in [4.78, 5) is 25.8. The Kier molecular flexibility index (Phi) is 8.19. The molecule has 0 aliphatic carbocycles. The highest BCUT2D eigenvalue weighted by Crippen LogP contribution is 2.39. The van der Waals surface area contributed by atoms with Crippen LogP contribution in [0.5, 0.6) is 0 Å². The van der Waals surface area contributed by atoms with Crippen LogP contribution in [0.15, 0.2) is 36.7 Å². The third kappa shape index (κ3) is 6.20. The molecule has 4 rings (SSSR count). The zero-order valence-electron chi connectivity index (χ0n) is 24.7. The molecule has 0 saturated carbocycles.